The lowest BCUT2D eigenvalue weighted by Gasteiger charge is -2.56. The third-order valence-corrected chi connectivity index (χ3v) is 6.88. The van der Waals surface area contributed by atoms with Crippen molar-refractivity contribution in [2.75, 3.05) is 6.61 Å². The minimum atomic E-state index is -1.02. The molecule has 2 heterocycles. The average molecular weight is 379 g/mol. The van der Waals surface area contributed by atoms with Crippen LogP contribution in [0.4, 0.5) is 4.79 Å². The van der Waals surface area contributed by atoms with Crippen LogP contribution < -0.4 is 11.2 Å². The van der Waals surface area contributed by atoms with E-state index < -0.39 is 52.8 Å². The Bertz CT molecular complexity index is 747. The molecule has 0 aromatic heterocycles. The number of fused-ring (bicyclic) bond motifs is 2. The molecule has 2 amide bonds. The highest BCUT2D eigenvalue weighted by Gasteiger charge is 2.85. The van der Waals surface area contributed by atoms with Gasteiger partial charge in [-0.2, -0.15) is 5.10 Å². The second kappa shape index (κ2) is 5.76. The molecule has 1 spiro atoms. The molecule has 27 heavy (non-hydrogen) atoms. The molecular weight excluding hydrogens is 354 g/mol. The fourth-order valence-corrected chi connectivity index (χ4v) is 5.46. The Morgan fingerprint density at radius 2 is 2.22 bits per heavy atom. The van der Waals surface area contributed by atoms with Gasteiger partial charge in [0.15, 0.2) is 0 Å². The minimum Gasteiger partial charge on any atom is -0.459 e. The van der Waals surface area contributed by atoms with Crippen molar-refractivity contribution in [3.63, 3.8) is 0 Å². The molecule has 2 bridgehead atoms. The summed E-state index contributed by atoms with van der Waals surface area (Å²) in [6, 6.07) is -0.776. The van der Waals surface area contributed by atoms with E-state index in [1.54, 1.807) is 6.21 Å². The van der Waals surface area contributed by atoms with Gasteiger partial charge in [-0.05, 0) is 19.8 Å². The van der Waals surface area contributed by atoms with E-state index in [0.717, 1.165) is 6.42 Å². The number of hydrogen-bond acceptors (Lipinski definition) is 7. The van der Waals surface area contributed by atoms with E-state index in [0.29, 0.717) is 13.0 Å². The Balaban J connectivity index is 1.87. The Labute approximate surface area is 156 Å². The van der Waals surface area contributed by atoms with Crippen LogP contribution in [0.2, 0.25) is 0 Å². The largest absolute Gasteiger partial charge is 0.459 e. The van der Waals surface area contributed by atoms with Gasteiger partial charge in [0.1, 0.15) is 23.9 Å². The number of hydrogen-bond donors (Lipinski definition) is 3. The molecule has 0 radical (unpaired) electrons. The zero-order chi connectivity index (χ0) is 19.6. The quantitative estimate of drug-likeness (QED) is 0.211. The predicted octanol–water partition coefficient (Wildman–Crippen LogP) is 0.216. The van der Waals surface area contributed by atoms with Crippen LogP contribution in [-0.4, -0.2) is 59.9 Å². The average Bonchev–Trinajstić information content (AvgIpc) is 3.36. The molecule has 9 nitrogen and oxygen atoms in total. The third kappa shape index (κ3) is 2.25. The number of aliphatic hydroxyl groups is 1. The van der Waals surface area contributed by atoms with Gasteiger partial charge in [-0.1, -0.05) is 18.6 Å². The molecule has 2 aliphatic carbocycles. The number of esters is 1. The Kier molecular flexibility index (Phi) is 3.93. The van der Waals surface area contributed by atoms with Crippen molar-refractivity contribution >= 4 is 18.2 Å². The maximum atomic E-state index is 11.8. The summed E-state index contributed by atoms with van der Waals surface area (Å²) in [5.41, 5.74) is 6.25. The van der Waals surface area contributed by atoms with Gasteiger partial charge in [0.2, 0.25) is 0 Å². The van der Waals surface area contributed by atoms with Gasteiger partial charge in [-0.3, -0.25) is 4.79 Å². The molecule has 4 aliphatic rings. The minimum absolute atomic E-state index is 0.398. The number of nitrogens with zero attached hydrogens (tertiary/aromatic N) is 1. The van der Waals surface area contributed by atoms with Gasteiger partial charge in [0, 0.05) is 18.6 Å². The molecule has 0 aromatic carbocycles. The van der Waals surface area contributed by atoms with Crippen LogP contribution in [0.3, 0.4) is 0 Å². The molecule has 2 aliphatic heterocycles. The van der Waals surface area contributed by atoms with Crippen LogP contribution in [0.25, 0.3) is 0 Å². The normalized spacial score (nSPS) is 47.5. The van der Waals surface area contributed by atoms with Crippen LogP contribution in [-0.2, 0) is 19.0 Å². The molecule has 7 unspecified atom stereocenters. The molecule has 7 atom stereocenters. The second-order valence-electron chi connectivity index (χ2n) is 8.17. The zero-order valence-corrected chi connectivity index (χ0v) is 15.6. The van der Waals surface area contributed by atoms with Gasteiger partial charge in [0.25, 0.3) is 0 Å². The number of urea groups is 1. The molecule has 1 saturated carbocycles. The van der Waals surface area contributed by atoms with E-state index in [1.807, 2.05) is 19.9 Å². The Morgan fingerprint density at radius 3 is 2.81 bits per heavy atom. The van der Waals surface area contributed by atoms with Crippen molar-refractivity contribution in [3.8, 4) is 0 Å². The number of primary amides is 1. The van der Waals surface area contributed by atoms with Crippen molar-refractivity contribution in [2.24, 2.45) is 21.7 Å². The van der Waals surface area contributed by atoms with E-state index in [1.165, 1.54) is 12.5 Å². The first-order valence-corrected chi connectivity index (χ1v) is 9.09. The second-order valence-corrected chi connectivity index (χ2v) is 8.17. The summed E-state index contributed by atoms with van der Waals surface area (Å²) in [5, 5.41) is 15.0. The maximum absolute atomic E-state index is 11.8. The summed E-state index contributed by atoms with van der Waals surface area (Å²) < 4.78 is 17.8. The number of carbonyl (C=O) groups excluding carboxylic acids is 2. The number of hydrazone groups is 1. The fourth-order valence-electron chi connectivity index (χ4n) is 5.46. The summed E-state index contributed by atoms with van der Waals surface area (Å²) in [5.74, 6) is -0.481. The Morgan fingerprint density at radius 1 is 1.52 bits per heavy atom. The van der Waals surface area contributed by atoms with Gasteiger partial charge in [-0.25, -0.2) is 10.2 Å². The molecule has 4 N–H and O–H groups in total. The summed E-state index contributed by atoms with van der Waals surface area (Å²) in [6.07, 6.45) is 2.22. The van der Waals surface area contributed by atoms with Gasteiger partial charge < -0.3 is 25.1 Å². The molecular formula is C18H25N3O6. The van der Waals surface area contributed by atoms with Crippen LogP contribution in [0, 0.1) is 10.8 Å². The highest BCUT2D eigenvalue weighted by molar-refractivity contribution is 5.76. The molecule has 9 heteroatoms. The number of epoxide rings is 1. The summed E-state index contributed by atoms with van der Waals surface area (Å²) >= 11 is 0. The number of allylic oxidation sites excluding steroid dienone is 1. The van der Waals surface area contributed by atoms with E-state index >= 15 is 0 Å². The smallest absolute Gasteiger partial charge is 0.332 e. The number of rotatable bonds is 3. The first-order valence-electron chi connectivity index (χ1n) is 9.09. The topological polar surface area (TPSA) is 136 Å². The molecule has 2 saturated heterocycles. The first-order chi connectivity index (χ1) is 12.7. The van der Waals surface area contributed by atoms with Crippen molar-refractivity contribution in [1.29, 1.82) is 0 Å². The van der Waals surface area contributed by atoms with Gasteiger partial charge in [-0.15, -0.1) is 0 Å². The summed E-state index contributed by atoms with van der Waals surface area (Å²) in [7, 11) is 0. The van der Waals surface area contributed by atoms with Crippen molar-refractivity contribution < 1.29 is 28.9 Å². The maximum Gasteiger partial charge on any atom is 0.332 e. The molecule has 148 valence electrons. The van der Waals surface area contributed by atoms with E-state index in [4.69, 9.17) is 19.9 Å². The van der Waals surface area contributed by atoms with E-state index in [2.05, 4.69) is 10.5 Å². The molecule has 0 aromatic rings. The predicted molar refractivity (Wildman–Crippen MR) is 93.6 cm³/mol. The zero-order valence-electron chi connectivity index (χ0n) is 15.6. The van der Waals surface area contributed by atoms with Crippen molar-refractivity contribution in [1.82, 2.24) is 5.43 Å². The number of ether oxygens (including phenoxy) is 3. The lowest BCUT2D eigenvalue weighted by atomic mass is 9.51. The van der Waals surface area contributed by atoms with Crippen molar-refractivity contribution in [2.45, 2.75) is 63.6 Å². The van der Waals surface area contributed by atoms with E-state index in [9.17, 15) is 14.7 Å². The monoisotopic (exact) mass is 379 g/mol. The fraction of sp³-hybridized carbons (Fsp3) is 0.722. The van der Waals surface area contributed by atoms with Gasteiger partial charge in [0.05, 0.1) is 18.1 Å². The molecule has 4 rings (SSSR count). The van der Waals surface area contributed by atoms with Crippen LogP contribution in [0.1, 0.15) is 33.6 Å². The van der Waals surface area contributed by atoms with Crippen LogP contribution >= 0.6 is 0 Å². The van der Waals surface area contributed by atoms with Crippen LogP contribution in [0.15, 0.2) is 16.8 Å². The SMILES string of the molecule is CC(=O)OC1C(O)C2OC3C=C(C)CCC3(/C=N/NC(N)=O)C1(C)C21CO1. The number of nitrogens with one attached hydrogen (secondary N) is 1. The number of nitrogens with two attached hydrogens (primary N) is 1. The van der Waals surface area contributed by atoms with Crippen LogP contribution in [0.5, 0.6) is 0 Å². The first kappa shape index (κ1) is 18.4. The standard InChI is InChI=1S/C18H25N3O6/c1-9-4-5-17(7-20-21-15(19)24)11(6-9)27-14-12(23)13(26-10(2)22)16(17,3)18(14)8-25-18/h6-7,11-14,23H,4-5,8H2,1-3H3,(H3,19,21,24)/b20-7+. The highest BCUT2D eigenvalue weighted by atomic mass is 16.6. The lowest BCUT2D eigenvalue weighted by Crippen LogP contribution is -2.66. The Hall–Kier alpha value is -1.97. The third-order valence-electron chi connectivity index (χ3n) is 6.88. The van der Waals surface area contributed by atoms with E-state index in [-0.39, 0.29) is 0 Å². The van der Waals surface area contributed by atoms with Crippen molar-refractivity contribution in [3.05, 3.63) is 11.6 Å². The number of aliphatic hydroxyl groups excluding tert-OH is 1. The van der Waals surface area contributed by atoms with Gasteiger partial charge >= 0.3 is 12.0 Å². The summed E-state index contributed by atoms with van der Waals surface area (Å²) in [4.78, 5) is 22.9. The molecule has 3 fully saturated rings. The summed E-state index contributed by atoms with van der Waals surface area (Å²) in [6.45, 7) is 5.69. The lowest BCUT2D eigenvalue weighted by molar-refractivity contribution is -0.190. The number of amides is 2. The highest BCUT2D eigenvalue weighted by Crippen LogP contribution is 2.71. The number of carbonyl (C=O) groups is 2.